The Balaban J connectivity index is 1.92. The zero-order valence-corrected chi connectivity index (χ0v) is 17.6. The molecule has 2 aromatic rings. The SMILES string of the molecule is CCCc1cc(Cl)c(Cc2ccc(CC)cc2)cc1[C@H]1C[C@@H](O)C[C@@H](CO)O1. The lowest BCUT2D eigenvalue weighted by molar-refractivity contribution is -0.114. The van der Waals surface area contributed by atoms with E-state index < -0.39 is 6.10 Å². The van der Waals surface area contributed by atoms with E-state index in [0.717, 1.165) is 41.8 Å². The van der Waals surface area contributed by atoms with Crippen LogP contribution in [0.15, 0.2) is 36.4 Å². The number of rotatable bonds is 7. The normalized spacial score (nSPS) is 22.4. The summed E-state index contributed by atoms with van der Waals surface area (Å²) in [6.07, 6.45) is 3.79. The quantitative estimate of drug-likeness (QED) is 0.683. The maximum absolute atomic E-state index is 10.3. The second kappa shape index (κ2) is 9.89. The molecule has 0 aliphatic carbocycles. The lowest BCUT2D eigenvalue weighted by Crippen LogP contribution is -2.33. The van der Waals surface area contributed by atoms with Gasteiger partial charge in [0.05, 0.1) is 24.9 Å². The lowest BCUT2D eigenvalue weighted by Gasteiger charge is -2.34. The lowest BCUT2D eigenvalue weighted by atomic mass is 9.89. The molecule has 4 heteroatoms. The first kappa shape index (κ1) is 21.3. The topological polar surface area (TPSA) is 49.7 Å². The summed E-state index contributed by atoms with van der Waals surface area (Å²) in [5, 5.41) is 20.6. The van der Waals surface area contributed by atoms with Gasteiger partial charge in [-0.2, -0.15) is 0 Å². The first-order valence-electron chi connectivity index (χ1n) is 10.4. The summed E-state index contributed by atoms with van der Waals surface area (Å²) >= 11 is 6.64. The summed E-state index contributed by atoms with van der Waals surface area (Å²) in [6.45, 7) is 4.23. The highest BCUT2D eigenvalue weighted by Gasteiger charge is 2.30. The molecule has 28 heavy (non-hydrogen) atoms. The van der Waals surface area contributed by atoms with Crippen molar-refractivity contribution in [2.75, 3.05) is 6.61 Å². The molecular weight excluding hydrogens is 372 g/mol. The number of aryl methyl sites for hydroxylation is 2. The fraction of sp³-hybridized carbons (Fsp3) is 0.500. The van der Waals surface area contributed by atoms with Gasteiger partial charge in [-0.15, -0.1) is 0 Å². The molecule has 2 N–H and O–H groups in total. The van der Waals surface area contributed by atoms with E-state index in [2.05, 4.69) is 50.2 Å². The number of halogens is 1. The van der Waals surface area contributed by atoms with Crippen LogP contribution < -0.4 is 0 Å². The first-order valence-corrected chi connectivity index (χ1v) is 10.7. The van der Waals surface area contributed by atoms with Crippen LogP contribution >= 0.6 is 11.6 Å². The monoisotopic (exact) mass is 402 g/mol. The predicted molar refractivity (Wildman–Crippen MR) is 114 cm³/mol. The number of ether oxygens (including phenoxy) is 1. The largest absolute Gasteiger partial charge is 0.394 e. The Labute approximate surface area is 173 Å². The summed E-state index contributed by atoms with van der Waals surface area (Å²) in [7, 11) is 0. The molecule has 0 bridgehead atoms. The van der Waals surface area contributed by atoms with Crippen LogP contribution in [0.5, 0.6) is 0 Å². The second-order valence-corrected chi connectivity index (χ2v) is 8.20. The molecule has 0 radical (unpaired) electrons. The minimum absolute atomic E-state index is 0.0686. The van der Waals surface area contributed by atoms with Gasteiger partial charge in [-0.1, -0.05) is 62.2 Å². The van der Waals surface area contributed by atoms with Crippen molar-refractivity contribution in [1.29, 1.82) is 0 Å². The second-order valence-electron chi connectivity index (χ2n) is 7.79. The van der Waals surface area contributed by atoms with E-state index in [4.69, 9.17) is 16.3 Å². The molecular formula is C24H31ClO3. The van der Waals surface area contributed by atoms with E-state index in [9.17, 15) is 10.2 Å². The van der Waals surface area contributed by atoms with Gasteiger partial charge in [0.25, 0.3) is 0 Å². The molecule has 152 valence electrons. The molecule has 3 rings (SSSR count). The zero-order chi connectivity index (χ0) is 20.1. The highest BCUT2D eigenvalue weighted by molar-refractivity contribution is 6.31. The van der Waals surface area contributed by atoms with Crippen molar-refractivity contribution >= 4 is 11.6 Å². The van der Waals surface area contributed by atoms with Gasteiger partial charge >= 0.3 is 0 Å². The Hall–Kier alpha value is -1.39. The van der Waals surface area contributed by atoms with Crippen molar-refractivity contribution in [1.82, 2.24) is 0 Å². The van der Waals surface area contributed by atoms with Crippen LogP contribution in [0, 0.1) is 0 Å². The third-order valence-electron chi connectivity index (χ3n) is 5.58. The van der Waals surface area contributed by atoms with E-state index in [-0.39, 0.29) is 18.8 Å². The Morgan fingerprint density at radius 3 is 2.39 bits per heavy atom. The third-order valence-corrected chi connectivity index (χ3v) is 5.93. The van der Waals surface area contributed by atoms with E-state index >= 15 is 0 Å². The Morgan fingerprint density at radius 1 is 1.04 bits per heavy atom. The summed E-state index contributed by atoms with van der Waals surface area (Å²) in [6, 6.07) is 12.9. The van der Waals surface area contributed by atoms with Crippen LogP contribution in [0.1, 0.15) is 67.0 Å². The molecule has 3 nitrogen and oxygen atoms in total. The van der Waals surface area contributed by atoms with Gasteiger partial charge in [0, 0.05) is 17.9 Å². The number of aliphatic hydroxyl groups is 2. The molecule has 1 saturated heterocycles. The molecule has 1 aliphatic heterocycles. The van der Waals surface area contributed by atoms with Gasteiger partial charge in [0.15, 0.2) is 0 Å². The highest BCUT2D eigenvalue weighted by Crippen LogP contribution is 2.36. The average molecular weight is 403 g/mol. The molecule has 0 amide bonds. The van der Waals surface area contributed by atoms with Crippen molar-refractivity contribution in [3.63, 3.8) is 0 Å². The van der Waals surface area contributed by atoms with Crippen molar-refractivity contribution < 1.29 is 14.9 Å². The highest BCUT2D eigenvalue weighted by atomic mass is 35.5. The van der Waals surface area contributed by atoms with Crippen LogP contribution in [0.4, 0.5) is 0 Å². The standard InChI is InChI=1S/C24H31ClO3/c1-3-5-18-12-23(25)19(10-17-8-6-16(4-2)7-9-17)11-22(18)24-14-20(27)13-21(15-26)28-24/h6-9,11-12,20-21,24,26-27H,3-5,10,13-15H2,1-2H3/t20-,21-,24+/m0/s1. The molecule has 2 aromatic carbocycles. The molecule has 1 aliphatic rings. The van der Waals surface area contributed by atoms with Crippen molar-refractivity contribution in [3.8, 4) is 0 Å². The van der Waals surface area contributed by atoms with Crippen LogP contribution in [-0.2, 0) is 24.0 Å². The van der Waals surface area contributed by atoms with Gasteiger partial charge in [0.2, 0.25) is 0 Å². The minimum atomic E-state index is -0.453. The summed E-state index contributed by atoms with van der Waals surface area (Å²) in [5.74, 6) is 0. The van der Waals surface area contributed by atoms with Crippen molar-refractivity contribution in [2.45, 2.75) is 70.7 Å². The van der Waals surface area contributed by atoms with Gasteiger partial charge < -0.3 is 14.9 Å². The van der Waals surface area contributed by atoms with Crippen LogP contribution in [-0.4, -0.2) is 29.0 Å². The molecule has 3 atom stereocenters. The van der Waals surface area contributed by atoms with Crippen LogP contribution in [0.2, 0.25) is 5.02 Å². The molecule has 0 aromatic heterocycles. The molecule has 0 spiro atoms. The van der Waals surface area contributed by atoms with Gasteiger partial charge in [-0.05, 0) is 53.1 Å². The predicted octanol–water partition coefficient (Wildman–Crippen LogP) is 5.02. The van der Waals surface area contributed by atoms with Crippen molar-refractivity contribution in [2.24, 2.45) is 0 Å². The molecule has 0 saturated carbocycles. The molecule has 0 unspecified atom stereocenters. The Kier molecular flexibility index (Phi) is 7.53. The van der Waals surface area contributed by atoms with Gasteiger partial charge in [0.1, 0.15) is 0 Å². The fourth-order valence-electron chi connectivity index (χ4n) is 4.02. The van der Waals surface area contributed by atoms with E-state index in [1.807, 2.05) is 0 Å². The number of aliphatic hydroxyl groups excluding tert-OH is 2. The molecule has 1 fully saturated rings. The Morgan fingerprint density at radius 2 is 1.75 bits per heavy atom. The first-order chi connectivity index (χ1) is 13.5. The average Bonchev–Trinajstić information content (AvgIpc) is 2.70. The smallest absolute Gasteiger partial charge is 0.0857 e. The maximum atomic E-state index is 10.3. The van der Waals surface area contributed by atoms with E-state index in [0.29, 0.717) is 12.8 Å². The van der Waals surface area contributed by atoms with Crippen LogP contribution in [0.3, 0.4) is 0 Å². The Bertz CT molecular complexity index is 772. The number of hydrogen-bond donors (Lipinski definition) is 2. The zero-order valence-electron chi connectivity index (χ0n) is 16.8. The summed E-state index contributed by atoms with van der Waals surface area (Å²) < 4.78 is 6.10. The number of benzene rings is 2. The van der Waals surface area contributed by atoms with Crippen LogP contribution in [0.25, 0.3) is 0 Å². The van der Waals surface area contributed by atoms with E-state index in [1.54, 1.807) is 0 Å². The fourth-order valence-corrected chi connectivity index (χ4v) is 4.27. The van der Waals surface area contributed by atoms with Gasteiger partial charge in [-0.3, -0.25) is 0 Å². The maximum Gasteiger partial charge on any atom is 0.0857 e. The van der Waals surface area contributed by atoms with E-state index in [1.165, 1.54) is 16.7 Å². The summed E-state index contributed by atoms with van der Waals surface area (Å²) in [4.78, 5) is 0. The minimum Gasteiger partial charge on any atom is -0.394 e. The molecule has 1 heterocycles. The van der Waals surface area contributed by atoms with Gasteiger partial charge in [-0.25, -0.2) is 0 Å². The summed E-state index contributed by atoms with van der Waals surface area (Å²) in [5.41, 5.74) is 5.90. The number of hydrogen-bond acceptors (Lipinski definition) is 3. The van der Waals surface area contributed by atoms with Crippen molar-refractivity contribution in [3.05, 3.63) is 69.2 Å². The third kappa shape index (κ3) is 5.15.